The van der Waals surface area contributed by atoms with Crippen LogP contribution in [0.5, 0.6) is 0 Å². The molecule has 2 atom stereocenters. The zero-order valence-corrected chi connectivity index (χ0v) is 6.85. The van der Waals surface area contributed by atoms with E-state index in [-0.39, 0.29) is 6.67 Å². The quantitative estimate of drug-likeness (QED) is 0.641. The van der Waals surface area contributed by atoms with Crippen molar-refractivity contribution in [1.29, 1.82) is 0 Å². The molecule has 0 aromatic rings. The largest absolute Gasteiger partial charge is 0.328 e. The molecule has 0 spiro atoms. The van der Waals surface area contributed by atoms with E-state index < -0.39 is 0 Å². The summed E-state index contributed by atoms with van der Waals surface area (Å²) in [4.78, 5) is 0. The lowest BCUT2D eigenvalue weighted by atomic mass is 9.92. The normalized spacial score (nSPS) is 32.2. The highest BCUT2D eigenvalue weighted by Gasteiger charge is 2.17. The summed E-state index contributed by atoms with van der Waals surface area (Å²) in [6.45, 7) is 0.211. The predicted molar refractivity (Wildman–Crippen MR) is 44.2 cm³/mol. The number of nitrogens with two attached hydrogens (primary N) is 1. The molecule has 1 saturated carbocycles. The molecular formula is C8H17FN2. The molecule has 0 aliphatic heterocycles. The molecule has 1 fully saturated rings. The van der Waals surface area contributed by atoms with Crippen molar-refractivity contribution in [2.75, 3.05) is 13.2 Å². The first-order valence-corrected chi connectivity index (χ1v) is 4.38. The number of nitrogens with one attached hydrogen (secondary N) is 1. The fourth-order valence-electron chi connectivity index (χ4n) is 1.67. The van der Waals surface area contributed by atoms with Crippen molar-refractivity contribution in [3.63, 3.8) is 0 Å². The third kappa shape index (κ3) is 3.16. The maximum atomic E-state index is 11.8. The molecule has 0 bridgehead atoms. The van der Waals surface area contributed by atoms with Crippen molar-refractivity contribution >= 4 is 0 Å². The molecule has 1 aliphatic rings. The Morgan fingerprint density at radius 1 is 1.45 bits per heavy atom. The van der Waals surface area contributed by atoms with Gasteiger partial charge in [-0.3, -0.25) is 0 Å². The first-order chi connectivity index (χ1) is 5.33. The van der Waals surface area contributed by atoms with Crippen molar-refractivity contribution in [2.24, 2.45) is 5.73 Å². The monoisotopic (exact) mass is 160 g/mol. The Balaban J connectivity index is 2.12. The lowest BCUT2D eigenvalue weighted by Crippen LogP contribution is -2.40. The molecular weight excluding hydrogens is 143 g/mol. The second-order valence-corrected chi connectivity index (χ2v) is 3.27. The predicted octanol–water partition coefficient (Wildman–Crippen LogP) is 0.815. The number of hydrogen-bond donors (Lipinski definition) is 2. The third-order valence-electron chi connectivity index (χ3n) is 2.24. The van der Waals surface area contributed by atoms with Gasteiger partial charge in [0.15, 0.2) is 0 Å². The second-order valence-electron chi connectivity index (χ2n) is 3.27. The first kappa shape index (κ1) is 8.94. The van der Waals surface area contributed by atoms with Gasteiger partial charge in [-0.1, -0.05) is 6.42 Å². The Labute approximate surface area is 67.3 Å². The number of hydrogen-bond acceptors (Lipinski definition) is 2. The van der Waals surface area contributed by atoms with E-state index in [1.54, 1.807) is 0 Å². The van der Waals surface area contributed by atoms with Crippen molar-refractivity contribution in [2.45, 2.75) is 37.8 Å². The standard InChI is InChI=1S/C8H17FN2/c9-4-5-11-8-3-1-2-7(10)6-8/h7-8,11H,1-6,10H2. The van der Waals surface area contributed by atoms with Gasteiger partial charge in [-0.25, -0.2) is 4.39 Å². The SMILES string of the molecule is NC1CCCC(NCCF)C1. The van der Waals surface area contributed by atoms with E-state index in [0.717, 1.165) is 19.3 Å². The fraction of sp³-hybridized carbons (Fsp3) is 1.00. The van der Waals surface area contributed by atoms with Crippen LogP contribution in [-0.2, 0) is 0 Å². The van der Waals surface area contributed by atoms with E-state index in [1.807, 2.05) is 0 Å². The van der Waals surface area contributed by atoms with E-state index in [0.29, 0.717) is 18.6 Å². The van der Waals surface area contributed by atoms with E-state index in [9.17, 15) is 4.39 Å². The zero-order chi connectivity index (χ0) is 8.10. The maximum Gasteiger partial charge on any atom is 0.102 e. The summed E-state index contributed by atoms with van der Waals surface area (Å²) in [5.41, 5.74) is 5.76. The van der Waals surface area contributed by atoms with E-state index in [1.165, 1.54) is 6.42 Å². The Morgan fingerprint density at radius 2 is 2.27 bits per heavy atom. The molecule has 0 amide bonds. The van der Waals surface area contributed by atoms with Crippen LogP contribution in [0, 0.1) is 0 Å². The van der Waals surface area contributed by atoms with Crippen LogP contribution in [0.25, 0.3) is 0 Å². The van der Waals surface area contributed by atoms with Crippen LogP contribution in [0.2, 0.25) is 0 Å². The first-order valence-electron chi connectivity index (χ1n) is 4.38. The molecule has 0 aromatic heterocycles. The van der Waals surface area contributed by atoms with Crippen molar-refractivity contribution in [3.05, 3.63) is 0 Å². The highest BCUT2D eigenvalue weighted by Crippen LogP contribution is 2.16. The number of alkyl halides is 1. The molecule has 3 N–H and O–H groups in total. The van der Waals surface area contributed by atoms with Crippen LogP contribution in [-0.4, -0.2) is 25.3 Å². The average molecular weight is 160 g/mol. The summed E-state index contributed by atoms with van der Waals surface area (Å²) in [5, 5.41) is 3.15. The minimum Gasteiger partial charge on any atom is -0.328 e. The molecule has 2 nitrogen and oxygen atoms in total. The van der Waals surface area contributed by atoms with Gasteiger partial charge in [-0.05, 0) is 19.3 Å². The van der Waals surface area contributed by atoms with Gasteiger partial charge in [0.2, 0.25) is 0 Å². The second kappa shape index (κ2) is 4.67. The van der Waals surface area contributed by atoms with Crippen LogP contribution in [0.1, 0.15) is 25.7 Å². The Bertz CT molecular complexity index is 108. The molecule has 0 aromatic carbocycles. The van der Waals surface area contributed by atoms with Gasteiger partial charge in [0.25, 0.3) is 0 Å². The maximum absolute atomic E-state index is 11.8. The van der Waals surface area contributed by atoms with Crippen LogP contribution >= 0.6 is 0 Å². The van der Waals surface area contributed by atoms with Crippen LogP contribution in [0.4, 0.5) is 4.39 Å². The van der Waals surface area contributed by atoms with Crippen molar-refractivity contribution in [1.82, 2.24) is 5.32 Å². The molecule has 0 saturated heterocycles. The van der Waals surface area contributed by atoms with Gasteiger partial charge in [-0.15, -0.1) is 0 Å². The van der Waals surface area contributed by atoms with Crippen LogP contribution < -0.4 is 11.1 Å². The summed E-state index contributed by atoms with van der Waals surface area (Å²) in [5.74, 6) is 0. The molecule has 2 unspecified atom stereocenters. The number of halogens is 1. The topological polar surface area (TPSA) is 38.0 Å². The van der Waals surface area contributed by atoms with E-state index in [2.05, 4.69) is 5.32 Å². The van der Waals surface area contributed by atoms with Crippen molar-refractivity contribution in [3.8, 4) is 0 Å². The van der Waals surface area contributed by atoms with Crippen LogP contribution in [0.3, 0.4) is 0 Å². The molecule has 1 aliphatic carbocycles. The van der Waals surface area contributed by atoms with Gasteiger partial charge in [0.1, 0.15) is 6.67 Å². The summed E-state index contributed by atoms with van der Waals surface area (Å²) >= 11 is 0. The average Bonchev–Trinajstić information content (AvgIpc) is 2.01. The Morgan fingerprint density at radius 3 is 2.91 bits per heavy atom. The van der Waals surface area contributed by atoms with Gasteiger partial charge in [-0.2, -0.15) is 0 Å². The lowest BCUT2D eigenvalue weighted by Gasteiger charge is -2.26. The molecule has 0 heterocycles. The van der Waals surface area contributed by atoms with Crippen molar-refractivity contribution < 1.29 is 4.39 Å². The number of rotatable bonds is 3. The molecule has 1 rings (SSSR count). The summed E-state index contributed by atoms with van der Waals surface area (Å²) in [6.07, 6.45) is 4.49. The third-order valence-corrected chi connectivity index (χ3v) is 2.24. The fourth-order valence-corrected chi connectivity index (χ4v) is 1.67. The summed E-state index contributed by atoms with van der Waals surface area (Å²) < 4.78 is 11.8. The van der Waals surface area contributed by atoms with Gasteiger partial charge < -0.3 is 11.1 Å². The minimum absolute atomic E-state index is 0.272. The molecule has 3 heteroatoms. The molecule has 66 valence electrons. The molecule has 11 heavy (non-hydrogen) atoms. The zero-order valence-electron chi connectivity index (χ0n) is 6.85. The smallest absolute Gasteiger partial charge is 0.102 e. The Kier molecular flexibility index (Phi) is 3.80. The van der Waals surface area contributed by atoms with Crippen LogP contribution in [0.15, 0.2) is 0 Å². The molecule has 0 radical (unpaired) electrons. The van der Waals surface area contributed by atoms with Gasteiger partial charge in [0, 0.05) is 18.6 Å². The van der Waals surface area contributed by atoms with Gasteiger partial charge >= 0.3 is 0 Å². The Hall–Kier alpha value is -0.150. The minimum atomic E-state index is -0.272. The highest BCUT2D eigenvalue weighted by atomic mass is 19.1. The highest BCUT2D eigenvalue weighted by molar-refractivity contribution is 4.79. The summed E-state index contributed by atoms with van der Waals surface area (Å²) in [7, 11) is 0. The summed E-state index contributed by atoms with van der Waals surface area (Å²) in [6, 6.07) is 0.801. The van der Waals surface area contributed by atoms with E-state index >= 15 is 0 Å². The van der Waals surface area contributed by atoms with E-state index in [4.69, 9.17) is 5.73 Å². The van der Waals surface area contributed by atoms with Gasteiger partial charge in [0.05, 0.1) is 0 Å². The lowest BCUT2D eigenvalue weighted by molar-refractivity contribution is 0.327.